The quantitative estimate of drug-likeness (QED) is 0.826. The Kier molecular flexibility index (Phi) is 6.18. The predicted octanol–water partition coefficient (Wildman–Crippen LogP) is 1.80. The predicted molar refractivity (Wildman–Crippen MR) is 92.9 cm³/mol. The van der Waals surface area contributed by atoms with Crippen molar-refractivity contribution < 1.29 is 23.1 Å². The minimum Gasteiger partial charge on any atom is -0.480 e. The second-order valence-corrected chi connectivity index (χ2v) is 7.90. The molecule has 1 amide bonds. The number of sulfonamides is 1. The summed E-state index contributed by atoms with van der Waals surface area (Å²) in [4.78, 5) is 25.5. The number of carboxylic acids is 1. The van der Waals surface area contributed by atoms with Crippen molar-refractivity contribution in [2.45, 2.75) is 44.0 Å². The van der Waals surface area contributed by atoms with E-state index in [-0.39, 0.29) is 10.8 Å². The molecular weight excluding hydrogens is 344 g/mol. The molecule has 0 aromatic heterocycles. The molecule has 0 bridgehead atoms. The fourth-order valence-electron chi connectivity index (χ4n) is 3.08. The number of carbonyl (C=O) groups is 2. The highest BCUT2D eigenvalue weighted by molar-refractivity contribution is 7.89. The van der Waals surface area contributed by atoms with E-state index in [0.717, 1.165) is 12.8 Å². The number of aliphatic carboxylic acids is 1. The van der Waals surface area contributed by atoms with Crippen molar-refractivity contribution in [1.29, 1.82) is 0 Å². The lowest BCUT2D eigenvalue weighted by molar-refractivity contribution is -0.143. The van der Waals surface area contributed by atoms with Gasteiger partial charge in [-0.15, -0.1) is 0 Å². The van der Waals surface area contributed by atoms with Crippen LogP contribution in [0.25, 0.3) is 0 Å². The molecule has 0 unspecified atom stereocenters. The molecule has 1 aromatic carbocycles. The molecule has 138 valence electrons. The SMILES string of the molecule is CCN(CC)S(=O)(=O)c1ccc(C(=O)N2CCCC[C@@H]2C(=O)O)cc1. The molecule has 2 rings (SSSR count). The van der Waals surface area contributed by atoms with Gasteiger partial charge in [0.05, 0.1) is 4.90 Å². The molecule has 1 aliphatic rings. The van der Waals surface area contributed by atoms with Crippen LogP contribution < -0.4 is 0 Å². The summed E-state index contributed by atoms with van der Waals surface area (Å²) in [6, 6.07) is 4.89. The first kappa shape index (κ1) is 19.4. The van der Waals surface area contributed by atoms with Gasteiger partial charge in [0.2, 0.25) is 10.0 Å². The first-order valence-electron chi connectivity index (χ1n) is 8.46. The maximum atomic E-state index is 12.6. The van der Waals surface area contributed by atoms with Gasteiger partial charge in [0.15, 0.2) is 0 Å². The molecule has 1 aromatic rings. The van der Waals surface area contributed by atoms with Gasteiger partial charge in [0.25, 0.3) is 5.91 Å². The van der Waals surface area contributed by atoms with Crippen LogP contribution in [0.5, 0.6) is 0 Å². The monoisotopic (exact) mass is 368 g/mol. The molecule has 7 nitrogen and oxygen atoms in total. The Morgan fingerprint density at radius 2 is 1.76 bits per heavy atom. The third kappa shape index (κ3) is 4.01. The second-order valence-electron chi connectivity index (χ2n) is 5.96. The molecule has 1 aliphatic heterocycles. The van der Waals surface area contributed by atoms with Crippen LogP contribution in [-0.4, -0.2) is 60.3 Å². The Hall–Kier alpha value is -1.93. The number of benzene rings is 1. The first-order chi connectivity index (χ1) is 11.8. The standard InChI is InChI=1S/C17H24N2O5S/c1-3-18(4-2)25(23,24)14-10-8-13(9-11-14)16(20)19-12-6-5-7-15(19)17(21)22/h8-11,15H,3-7,12H2,1-2H3,(H,21,22)/t15-/m1/s1. The lowest BCUT2D eigenvalue weighted by atomic mass is 10.0. The van der Waals surface area contributed by atoms with Crippen LogP contribution in [0.4, 0.5) is 0 Å². The van der Waals surface area contributed by atoms with Gasteiger partial charge in [-0.05, 0) is 43.5 Å². The second kappa shape index (κ2) is 7.97. The molecule has 1 saturated heterocycles. The molecular formula is C17H24N2O5S. The Balaban J connectivity index is 2.24. The largest absolute Gasteiger partial charge is 0.480 e. The van der Waals surface area contributed by atoms with E-state index in [1.165, 1.54) is 33.5 Å². The molecule has 25 heavy (non-hydrogen) atoms. The minimum atomic E-state index is -3.58. The number of hydrogen-bond acceptors (Lipinski definition) is 4. The maximum Gasteiger partial charge on any atom is 0.326 e. The number of hydrogen-bond donors (Lipinski definition) is 1. The minimum absolute atomic E-state index is 0.126. The van der Waals surface area contributed by atoms with E-state index in [4.69, 9.17) is 0 Å². The van der Waals surface area contributed by atoms with Crippen LogP contribution in [0.2, 0.25) is 0 Å². The van der Waals surface area contributed by atoms with Gasteiger partial charge in [0.1, 0.15) is 6.04 Å². The fraction of sp³-hybridized carbons (Fsp3) is 0.529. The van der Waals surface area contributed by atoms with E-state index in [9.17, 15) is 23.1 Å². The fourth-order valence-corrected chi connectivity index (χ4v) is 4.54. The van der Waals surface area contributed by atoms with Crippen LogP contribution in [0.1, 0.15) is 43.5 Å². The molecule has 0 saturated carbocycles. The van der Waals surface area contributed by atoms with Crippen molar-refractivity contribution in [3.63, 3.8) is 0 Å². The summed E-state index contributed by atoms with van der Waals surface area (Å²) >= 11 is 0. The summed E-state index contributed by atoms with van der Waals surface area (Å²) in [5.41, 5.74) is 0.298. The topological polar surface area (TPSA) is 95.0 Å². The van der Waals surface area contributed by atoms with Crippen molar-refractivity contribution in [3.05, 3.63) is 29.8 Å². The third-order valence-corrected chi connectivity index (χ3v) is 6.56. The van der Waals surface area contributed by atoms with Crippen molar-refractivity contribution in [2.75, 3.05) is 19.6 Å². The Bertz CT molecular complexity index is 726. The van der Waals surface area contributed by atoms with E-state index in [2.05, 4.69) is 0 Å². The number of carbonyl (C=O) groups excluding carboxylic acids is 1. The van der Waals surface area contributed by atoms with E-state index in [1.54, 1.807) is 13.8 Å². The van der Waals surface area contributed by atoms with Crippen molar-refractivity contribution in [2.24, 2.45) is 0 Å². The third-order valence-electron chi connectivity index (χ3n) is 4.49. The lowest BCUT2D eigenvalue weighted by Gasteiger charge is -2.33. The van der Waals surface area contributed by atoms with Gasteiger partial charge in [0, 0.05) is 25.2 Å². The zero-order valence-corrected chi connectivity index (χ0v) is 15.3. The summed E-state index contributed by atoms with van der Waals surface area (Å²) in [5, 5.41) is 9.29. The smallest absolute Gasteiger partial charge is 0.326 e. The molecule has 1 atom stereocenters. The summed E-state index contributed by atoms with van der Waals surface area (Å²) in [6.45, 7) is 4.67. The first-order valence-corrected chi connectivity index (χ1v) is 9.90. The van der Waals surface area contributed by atoms with Crippen LogP contribution >= 0.6 is 0 Å². The molecule has 1 N–H and O–H groups in total. The summed E-state index contributed by atoms with van der Waals surface area (Å²) in [6.07, 6.45) is 1.99. The van der Waals surface area contributed by atoms with E-state index >= 15 is 0 Å². The van der Waals surface area contributed by atoms with Gasteiger partial charge in [-0.1, -0.05) is 13.8 Å². The van der Waals surface area contributed by atoms with Gasteiger partial charge in [-0.3, -0.25) is 4.79 Å². The molecule has 8 heteroatoms. The number of carboxylic acid groups (broad SMARTS) is 1. The van der Waals surface area contributed by atoms with Crippen LogP contribution in [0.3, 0.4) is 0 Å². The molecule has 1 fully saturated rings. The average molecular weight is 368 g/mol. The number of nitrogens with zero attached hydrogens (tertiary/aromatic N) is 2. The Labute approximate surface area is 148 Å². The summed E-state index contributed by atoms with van der Waals surface area (Å²) in [7, 11) is -3.58. The number of likely N-dealkylation sites (tertiary alicyclic amines) is 1. The normalized spacial score (nSPS) is 18.4. The van der Waals surface area contributed by atoms with E-state index in [0.29, 0.717) is 31.6 Å². The number of piperidine rings is 1. The number of amides is 1. The zero-order valence-electron chi connectivity index (χ0n) is 14.5. The average Bonchev–Trinajstić information content (AvgIpc) is 2.62. The Morgan fingerprint density at radius 3 is 2.28 bits per heavy atom. The molecule has 0 aliphatic carbocycles. The van der Waals surface area contributed by atoms with Crippen LogP contribution in [0.15, 0.2) is 29.2 Å². The highest BCUT2D eigenvalue weighted by atomic mass is 32.2. The highest BCUT2D eigenvalue weighted by Crippen LogP contribution is 2.22. The maximum absolute atomic E-state index is 12.6. The van der Waals surface area contributed by atoms with Crippen molar-refractivity contribution in [3.8, 4) is 0 Å². The van der Waals surface area contributed by atoms with Crippen LogP contribution in [0, 0.1) is 0 Å². The molecule has 1 heterocycles. The van der Waals surface area contributed by atoms with Crippen molar-refractivity contribution >= 4 is 21.9 Å². The van der Waals surface area contributed by atoms with Gasteiger partial charge in [-0.25, -0.2) is 13.2 Å². The zero-order chi connectivity index (χ0) is 18.6. The summed E-state index contributed by atoms with van der Waals surface area (Å²) < 4.78 is 26.3. The Morgan fingerprint density at radius 1 is 1.16 bits per heavy atom. The van der Waals surface area contributed by atoms with E-state index < -0.39 is 22.0 Å². The summed E-state index contributed by atoms with van der Waals surface area (Å²) in [5.74, 6) is -1.38. The van der Waals surface area contributed by atoms with Gasteiger partial charge < -0.3 is 10.0 Å². The van der Waals surface area contributed by atoms with Crippen LogP contribution in [-0.2, 0) is 14.8 Å². The molecule has 0 radical (unpaired) electrons. The lowest BCUT2D eigenvalue weighted by Crippen LogP contribution is -2.48. The number of rotatable bonds is 6. The highest BCUT2D eigenvalue weighted by Gasteiger charge is 2.32. The van der Waals surface area contributed by atoms with Crippen molar-refractivity contribution in [1.82, 2.24) is 9.21 Å². The van der Waals surface area contributed by atoms with Gasteiger partial charge >= 0.3 is 5.97 Å². The van der Waals surface area contributed by atoms with E-state index in [1.807, 2.05) is 0 Å². The molecule has 0 spiro atoms. The van der Waals surface area contributed by atoms with Gasteiger partial charge in [-0.2, -0.15) is 4.31 Å².